The van der Waals surface area contributed by atoms with Gasteiger partial charge in [0.15, 0.2) is 0 Å². The van der Waals surface area contributed by atoms with E-state index in [-0.39, 0.29) is 0 Å². The van der Waals surface area contributed by atoms with Crippen molar-refractivity contribution in [1.29, 1.82) is 0 Å². The molecule has 4 heteroatoms. The van der Waals surface area contributed by atoms with E-state index < -0.39 is 0 Å². The first-order valence-electron chi connectivity index (χ1n) is 5.10. The minimum Gasteiger partial charge on any atom is -0.384 e. The van der Waals surface area contributed by atoms with E-state index in [2.05, 4.69) is 17.3 Å². The third kappa shape index (κ3) is 2.41. The monoisotopic (exact) mass is 218 g/mol. The predicted molar refractivity (Wildman–Crippen MR) is 61.9 cm³/mol. The lowest BCUT2D eigenvalue weighted by Gasteiger charge is -2.01. The zero-order valence-electron chi connectivity index (χ0n) is 9.14. The Morgan fingerprint density at radius 3 is 2.62 bits per heavy atom. The molecule has 0 amide bonds. The van der Waals surface area contributed by atoms with E-state index in [4.69, 9.17) is 15.0 Å². The lowest BCUT2D eigenvalue weighted by Crippen LogP contribution is -1.93. The van der Waals surface area contributed by atoms with Crippen LogP contribution in [0.25, 0.3) is 11.3 Å². The summed E-state index contributed by atoms with van der Waals surface area (Å²) in [5.74, 6) is 0.332. The largest absolute Gasteiger partial charge is 0.384 e. The third-order valence-corrected chi connectivity index (χ3v) is 2.37. The number of nitrogens with zero attached hydrogens (tertiary/aromatic N) is 1. The van der Waals surface area contributed by atoms with Gasteiger partial charge in [0.2, 0.25) is 5.88 Å². The van der Waals surface area contributed by atoms with Crippen LogP contribution in [-0.4, -0.2) is 18.9 Å². The standard InChI is InChI=1S/C12H14N2O2/c1-15-7-6-9-2-4-10(5-3-9)11-8-12(13)16-14-11/h2-5,8H,6-7,13H2,1H3. The van der Waals surface area contributed by atoms with Crippen molar-refractivity contribution in [3.05, 3.63) is 35.9 Å². The fourth-order valence-electron chi connectivity index (χ4n) is 1.49. The van der Waals surface area contributed by atoms with Crippen molar-refractivity contribution in [2.75, 3.05) is 19.5 Å². The summed E-state index contributed by atoms with van der Waals surface area (Å²) in [4.78, 5) is 0. The van der Waals surface area contributed by atoms with Crippen molar-refractivity contribution in [2.24, 2.45) is 0 Å². The number of aromatic nitrogens is 1. The molecule has 0 spiro atoms. The Bertz CT molecular complexity index is 448. The number of benzene rings is 1. The molecule has 0 aliphatic carbocycles. The van der Waals surface area contributed by atoms with E-state index in [1.807, 2.05) is 12.1 Å². The molecule has 1 heterocycles. The topological polar surface area (TPSA) is 61.3 Å². The normalized spacial score (nSPS) is 10.6. The van der Waals surface area contributed by atoms with Crippen LogP contribution in [0, 0.1) is 0 Å². The number of methoxy groups -OCH3 is 1. The molecule has 0 saturated heterocycles. The van der Waals surface area contributed by atoms with Gasteiger partial charge in [0.25, 0.3) is 0 Å². The van der Waals surface area contributed by atoms with E-state index >= 15 is 0 Å². The zero-order chi connectivity index (χ0) is 11.4. The fourth-order valence-corrected chi connectivity index (χ4v) is 1.49. The molecule has 16 heavy (non-hydrogen) atoms. The van der Waals surface area contributed by atoms with Gasteiger partial charge in [0.05, 0.1) is 6.61 Å². The van der Waals surface area contributed by atoms with Gasteiger partial charge in [-0.1, -0.05) is 29.4 Å². The highest BCUT2D eigenvalue weighted by Gasteiger charge is 2.03. The Labute approximate surface area is 94.0 Å². The Hall–Kier alpha value is -1.81. The molecule has 2 aromatic rings. The lowest BCUT2D eigenvalue weighted by molar-refractivity contribution is 0.202. The number of nitrogen functional groups attached to an aromatic ring is 1. The van der Waals surface area contributed by atoms with Crippen LogP contribution in [0.3, 0.4) is 0 Å². The molecule has 0 radical (unpaired) electrons. The summed E-state index contributed by atoms with van der Waals surface area (Å²) in [7, 11) is 1.70. The summed E-state index contributed by atoms with van der Waals surface area (Å²) in [6.07, 6.45) is 0.914. The van der Waals surface area contributed by atoms with E-state index in [0.717, 1.165) is 24.3 Å². The average Bonchev–Trinajstić information content (AvgIpc) is 2.74. The van der Waals surface area contributed by atoms with E-state index in [1.165, 1.54) is 5.56 Å². The summed E-state index contributed by atoms with van der Waals surface area (Å²) in [6, 6.07) is 9.83. The van der Waals surface area contributed by atoms with E-state index in [9.17, 15) is 0 Å². The Kier molecular flexibility index (Phi) is 3.22. The number of hydrogen-bond donors (Lipinski definition) is 1. The van der Waals surface area contributed by atoms with Gasteiger partial charge < -0.3 is 15.0 Å². The van der Waals surface area contributed by atoms with Gasteiger partial charge >= 0.3 is 0 Å². The summed E-state index contributed by atoms with van der Waals surface area (Å²) >= 11 is 0. The molecule has 4 nitrogen and oxygen atoms in total. The molecule has 1 aromatic carbocycles. The average molecular weight is 218 g/mol. The van der Waals surface area contributed by atoms with Crippen LogP contribution >= 0.6 is 0 Å². The maximum atomic E-state index is 5.47. The molecule has 0 aliphatic heterocycles. The molecule has 0 atom stereocenters. The molecule has 0 unspecified atom stereocenters. The smallest absolute Gasteiger partial charge is 0.222 e. The highest BCUT2D eigenvalue weighted by Crippen LogP contribution is 2.20. The highest BCUT2D eigenvalue weighted by atomic mass is 16.5. The Morgan fingerprint density at radius 1 is 1.31 bits per heavy atom. The van der Waals surface area contributed by atoms with Gasteiger partial charge in [-0.2, -0.15) is 0 Å². The van der Waals surface area contributed by atoms with Crippen LogP contribution in [0.4, 0.5) is 5.88 Å². The Morgan fingerprint density at radius 2 is 2.06 bits per heavy atom. The second-order valence-corrected chi connectivity index (χ2v) is 3.55. The molecule has 2 N–H and O–H groups in total. The summed E-state index contributed by atoms with van der Waals surface area (Å²) in [6.45, 7) is 0.732. The molecular formula is C12H14N2O2. The van der Waals surface area contributed by atoms with Crippen LogP contribution in [0.2, 0.25) is 0 Å². The third-order valence-electron chi connectivity index (χ3n) is 2.37. The molecule has 84 valence electrons. The number of ether oxygens (including phenoxy) is 1. The van der Waals surface area contributed by atoms with Gasteiger partial charge in [-0.15, -0.1) is 0 Å². The molecule has 0 saturated carbocycles. The van der Waals surface area contributed by atoms with Gasteiger partial charge in [-0.25, -0.2) is 0 Å². The maximum absolute atomic E-state index is 5.47. The molecule has 0 fully saturated rings. The molecule has 0 aliphatic rings. The maximum Gasteiger partial charge on any atom is 0.222 e. The summed E-state index contributed by atoms with van der Waals surface area (Å²) in [5, 5.41) is 3.85. The first-order chi connectivity index (χ1) is 7.79. The quantitative estimate of drug-likeness (QED) is 0.853. The second kappa shape index (κ2) is 4.81. The summed E-state index contributed by atoms with van der Waals surface area (Å²) in [5.41, 5.74) is 8.47. The van der Waals surface area contributed by atoms with Gasteiger partial charge in [0.1, 0.15) is 5.69 Å². The van der Waals surface area contributed by atoms with E-state index in [0.29, 0.717) is 5.88 Å². The van der Waals surface area contributed by atoms with Crippen LogP contribution in [0.15, 0.2) is 34.9 Å². The van der Waals surface area contributed by atoms with E-state index in [1.54, 1.807) is 13.2 Å². The SMILES string of the molecule is COCCc1ccc(-c2cc(N)on2)cc1. The molecular weight excluding hydrogens is 204 g/mol. The second-order valence-electron chi connectivity index (χ2n) is 3.55. The minimum atomic E-state index is 0.332. The number of hydrogen-bond acceptors (Lipinski definition) is 4. The van der Waals surface area contributed by atoms with Gasteiger partial charge in [0, 0.05) is 18.7 Å². The number of nitrogens with two attached hydrogens (primary N) is 1. The van der Waals surface area contributed by atoms with Crippen LogP contribution in [0.1, 0.15) is 5.56 Å². The molecule has 0 bridgehead atoms. The molecule has 1 aromatic heterocycles. The number of rotatable bonds is 4. The van der Waals surface area contributed by atoms with Crippen molar-refractivity contribution in [1.82, 2.24) is 5.16 Å². The van der Waals surface area contributed by atoms with Crippen molar-refractivity contribution in [3.63, 3.8) is 0 Å². The van der Waals surface area contributed by atoms with Crippen LogP contribution in [0.5, 0.6) is 0 Å². The first kappa shape index (κ1) is 10.7. The van der Waals surface area contributed by atoms with Crippen molar-refractivity contribution >= 4 is 5.88 Å². The van der Waals surface area contributed by atoms with Crippen molar-refractivity contribution in [2.45, 2.75) is 6.42 Å². The summed E-state index contributed by atoms with van der Waals surface area (Å²) < 4.78 is 9.84. The van der Waals surface area contributed by atoms with Crippen molar-refractivity contribution < 1.29 is 9.26 Å². The molecule has 2 rings (SSSR count). The number of anilines is 1. The zero-order valence-corrected chi connectivity index (χ0v) is 9.14. The Balaban J connectivity index is 2.13. The minimum absolute atomic E-state index is 0.332. The highest BCUT2D eigenvalue weighted by molar-refractivity contribution is 5.61. The van der Waals surface area contributed by atoms with Crippen molar-refractivity contribution in [3.8, 4) is 11.3 Å². The lowest BCUT2D eigenvalue weighted by atomic mass is 10.1. The fraction of sp³-hybridized carbons (Fsp3) is 0.250. The predicted octanol–water partition coefficient (Wildman–Crippen LogP) is 2.11. The van der Waals surface area contributed by atoms with Crippen LogP contribution in [-0.2, 0) is 11.2 Å². The van der Waals surface area contributed by atoms with Gasteiger partial charge in [-0.3, -0.25) is 0 Å². The van der Waals surface area contributed by atoms with Gasteiger partial charge in [-0.05, 0) is 12.0 Å². The first-order valence-corrected chi connectivity index (χ1v) is 5.10. The van der Waals surface area contributed by atoms with Crippen LogP contribution < -0.4 is 5.73 Å².